The number of hydrogen-bond donors (Lipinski definition) is 2. The first kappa shape index (κ1) is 23.7. The molecule has 0 unspecified atom stereocenters. The van der Waals surface area contributed by atoms with E-state index >= 15 is 0 Å². The summed E-state index contributed by atoms with van der Waals surface area (Å²) in [5, 5.41) is 6.06. The highest BCUT2D eigenvalue weighted by Gasteiger charge is 2.15. The van der Waals surface area contributed by atoms with Gasteiger partial charge in [-0.2, -0.15) is 0 Å². The Hall–Kier alpha value is -4.42. The summed E-state index contributed by atoms with van der Waals surface area (Å²) in [6.45, 7) is 0.262. The predicted octanol–water partition coefficient (Wildman–Crippen LogP) is 5.61. The number of benzene rings is 3. The van der Waals surface area contributed by atoms with Crippen LogP contribution in [0.15, 0.2) is 109 Å². The van der Waals surface area contributed by atoms with Gasteiger partial charge in [0.2, 0.25) is 0 Å². The van der Waals surface area contributed by atoms with E-state index < -0.39 is 11.8 Å². The Morgan fingerprint density at radius 2 is 1.66 bits per heavy atom. The molecule has 0 radical (unpaired) electrons. The molecule has 0 bridgehead atoms. The molecule has 0 aliphatic heterocycles. The Morgan fingerprint density at radius 3 is 2.40 bits per heavy atom. The van der Waals surface area contributed by atoms with Crippen LogP contribution >= 0.6 is 11.6 Å². The maximum atomic E-state index is 13.1. The van der Waals surface area contributed by atoms with E-state index in [1.807, 2.05) is 54.6 Å². The van der Waals surface area contributed by atoms with Gasteiger partial charge in [-0.15, -0.1) is 0 Å². The Kier molecular flexibility index (Phi) is 7.88. The number of carbonyl (C=O) groups excluding carboxylic acids is 2. The second kappa shape index (κ2) is 11.6. The highest BCUT2D eigenvalue weighted by molar-refractivity contribution is 6.30. The monoisotopic (exact) mass is 483 g/mol. The van der Waals surface area contributed by atoms with E-state index in [1.165, 1.54) is 0 Å². The number of pyridine rings is 1. The molecule has 35 heavy (non-hydrogen) atoms. The molecule has 174 valence electrons. The Labute approximate surface area is 208 Å². The van der Waals surface area contributed by atoms with Gasteiger partial charge in [-0.05, 0) is 71.8 Å². The topological polar surface area (TPSA) is 80.3 Å². The number of carbonyl (C=O) groups is 2. The molecule has 0 saturated heterocycles. The largest absolute Gasteiger partial charge is 0.457 e. The van der Waals surface area contributed by atoms with Crippen LogP contribution in [0.4, 0.5) is 0 Å². The molecule has 7 heteroatoms. The molecule has 0 fully saturated rings. The van der Waals surface area contributed by atoms with Gasteiger partial charge in [0.25, 0.3) is 11.8 Å². The summed E-state index contributed by atoms with van der Waals surface area (Å²) in [7, 11) is 0. The molecule has 0 spiro atoms. The molecule has 2 amide bonds. The van der Waals surface area contributed by atoms with Crippen molar-refractivity contribution < 1.29 is 14.3 Å². The average Bonchev–Trinajstić information content (AvgIpc) is 2.88. The minimum atomic E-state index is -0.439. The van der Waals surface area contributed by atoms with Gasteiger partial charge >= 0.3 is 0 Å². The maximum absolute atomic E-state index is 13.1. The van der Waals surface area contributed by atoms with Gasteiger partial charge < -0.3 is 15.4 Å². The van der Waals surface area contributed by atoms with Crippen LogP contribution in [-0.2, 0) is 11.3 Å². The molecule has 1 aromatic heterocycles. The average molecular weight is 484 g/mol. The lowest BCUT2D eigenvalue weighted by Crippen LogP contribution is -2.34. The molecule has 1 heterocycles. The fourth-order valence-electron chi connectivity index (χ4n) is 3.19. The molecule has 0 aliphatic carbocycles. The van der Waals surface area contributed by atoms with Crippen molar-refractivity contribution >= 4 is 29.5 Å². The first-order valence-electron chi connectivity index (χ1n) is 10.9. The van der Waals surface area contributed by atoms with Crippen LogP contribution in [0.3, 0.4) is 0 Å². The molecule has 0 saturated carbocycles. The molecule has 0 atom stereocenters. The molecule has 6 nitrogen and oxygen atoms in total. The van der Waals surface area contributed by atoms with Gasteiger partial charge in [0, 0.05) is 29.5 Å². The quantitative estimate of drug-likeness (QED) is 0.319. The summed E-state index contributed by atoms with van der Waals surface area (Å²) in [6, 6.07) is 26.7. The summed E-state index contributed by atoms with van der Waals surface area (Å²) in [5.41, 5.74) is 1.98. The van der Waals surface area contributed by atoms with Crippen molar-refractivity contribution in [2.24, 2.45) is 0 Å². The van der Waals surface area contributed by atoms with Crippen LogP contribution in [-0.4, -0.2) is 16.8 Å². The number of rotatable bonds is 8. The minimum absolute atomic E-state index is 0.0886. The third-order valence-corrected chi connectivity index (χ3v) is 5.18. The standard InChI is InChI=1S/C28H22ClN3O3/c29-23-13-11-22(12-14-23)27(33)32-26(28(34)31-19-21-7-5-15-30-18-21)17-20-6-4-10-25(16-20)35-24-8-2-1-3-9-24/h1-18H,19H2,(H,31,34)(H,32,33). The number of halogens is 1. The van der Waals surface area contributed by atoms with Crippen molar-refractivity contribution in [1.29, 1.82) is 0 Å². The van der Waals surface area contributed by atoms with Gasteiger partial charge in [-0.3, -0.25) is 14.6 Å². The molecule has 3 aromatic carbocycles. The summed E-state index contributed by atoms with van der Waals surface area (Å²) >= 11 is 5.93. The zero-order chi connectivity index (χ0) is 24.5. The fraction of sp³-hybridized carbons (Fsp3) is 0.0357. The number of hydrogen-bond acceptors (Lipinski definition) is 4. The normalized spacial score (nSPS) is 10.9. The highest BCUT2D eigenvalue weighted by atomic mass is 35.5. The fourth-order valence-corrected chi connectivity index (χ4v) is 3.32. The van der Waals surface area contributed by atoms with Crippen molar-refractivity contribution in [3.8, 4) is 11.5 Å². The van der Waals surface area contributed by atoms with Crippen molar-refractivity contribution in [3.63, 3.8) is 0 Å². The van der Waals surface area contributed by atoms with E-state index in [1.54, 1.807) is 54.9 Å². The van der Waals surface area contributed by atoms with Crippen LogP contribution in [0.5, 0.6) is 11.5 Å². The van der Waals surface area contributed by atoms with Crippen LogP contribution in [0.1, 0.15) is 21.5 Å². The number of nitrogens with zero attached hydrogens (tertiary/aromatic N) is 1. The van der Waals surface area contributed by atoms with Crippen LogP contribution < -0.4 is 15.4 Å². The second-order valence-electron chi connectivity index (χ2n) is 7.55. The van der Waals surface area contributed by atoms with Gasteiger partial charge in [0.15, 0.2) is 0 Å². The first-order valence-corrected chi connectivity index (χ1v) is 11.2. The predicted molar refractivity (Wildman–Crippen MR) is 136 cm³/mol. The smallest absolute Gasteiger partial charge is 0.268 e. The number of para-hydroxylation sites is 1. The Balaban J connectivity index is 1.57. The zero-order valence-electron chi connectivity index (χ0n) is 18.6. The van der Waals surface area contributed by atoms with E-state index in [2.05, 4.69) is 15.6 Å². The molecule has 4 rings (SSSR count). The number of amides is 2. The number of nitrogens with one attached hydrogen (secondary N) is 2. The van der Waals surface area contributed by atoms with Crippen molar-refractivity contribution in [1.82, 2.24) is 15.6 Å². The van der Waals surface area contributed by atoms with E-state index in [9.17, 15) is 9.59 Å². The van der Waals surface area contributed by atoms with Crippen LogP contribution in [0, 0.1) is 0 Å². The second-order valence-corrected chi connectivity index (χ2v) is 7.99. The Bertz CT molecular complexity index is 1320. The lowest BCUT2D eigenvalue weighted by molar-refractivity contribution is -0.117. The summed E-state index contributed by atoms with van der Waals surface area (Å²) in [6.07, 6.45) is 4.93. The van der Waals surface area contributed by atoms with Gasteiger partial charge in [0.1, 0.15) is 17.2 Å². The SMILES string of the molecule is O=C(NCc1cccnc1)C(=Cc1cccc(Oc2ccccc2)c1)NC(=O)c1ccc(Cl)cc1. The third-order valence-electron chi connectivity index (χ3n) is 4.92. The van der Waals surface area contributed by atoms with Gasteiger partial charge in [-0.1, -0.05) is 48.0 Å². The molecule has 0 aliphatic rings. The summed E-state index contributed by atoms with van der Waals surface area (Å²) in [4.78, 5) is 29.9. The van der Waals surface area contributed by atoms with Crippen molar-refractivity contribution in [3.05, 3.63) is 131 Å². The highest BCUT2D eigenvalue weighted by Crippen LogP contribution is 2.23. The molecule has 2 N–H and O–H groups in total. The molecule has 4 aromatic rings. The van der Waals surface area contributed by atoms with E-state index in [0.29, 0.717) is 27.6 Å². The van der Waals surface area contributed by atoms with Crippen molar-refractivity contribution in [2.75, 3.05) is 0 Å². The van der Waals surface area contributed by atoms with E-state index in [4.69, 9.17) is 16.3 Å². The first-order chi connectivity index (χ1) is 17.1. The molecular weight excluding hydrogens is 462 g/mol. The zero-order valence-corrected chi connectivity index (χ0v) is 19.4. The van der Waals surface area contributed by atoms with Crippen LogP contribution in [0.2, 0.25) is 5.02 Å². The van der Waals surface area contributed by atoms with E-state index in [-0.39, 0.29) is 12.2 Å². The Morgan fingerprint density at radius 1 is 0.886 bits per heavy atom. The number of ether oxygens (including phenoxy) is 1. The van der Waals surface area contributed by atoms with Crippen LogP contribution in [0.25, 0.3) is 6.08 Å². The lowest BCUT2D eigenvalue weighted by atomic mass is 10.1. The number of aromatic nitrogens is 1. The third kappa shape index (κ3) is 7.03. The van der Waals surface area contributed by atoms with Crippen molar-refractivity contribution in [2.45, 2.75) is 6.54 Å². The maximum Gasteiger partial charge on any atom is 0.268 e. The lowest BCUT2D eigenvalue weighted by Gasteiger charge is -2.12. The van der Waals surface area contributed by atoms with E-state index in [0.717, 1.165) is 5.56 Å². The van der Waals surface area contributed by atoms with Gasteiger partial charge in [0.05, 0.1) is 0 Å². The van der Waals surface area contributed by atoms with Gasteiger partial charge in [-0.25, -0.2) is 0 Å². The minimum Gasteiger partial charge on any atom is -0.457 e. The summed E-state index contributed by atoms with van der Waals surface area (Å²) in [5.74, 6) is 0.426. The molecular formula is C28H22ClN3O3. The summed E-state index contributed by atoms with van der Waals surface area (Å²) < 4.78 is 5.89.